The number of rotatable bonds is 5. The highest BCUT2D eigenvalue weighted by Gasteiger charge is 2.33. The zero-order chi connectivity index (χ0) is 20.9. The van der Waals surface area contributed by atoms with Gasteiger partial charge in [0.25, 0.3) is 0 Å². The number of amides is 1. The van der Waals surface area contributed by atoms with Crippen molar-refractivity contribution < 1.29 is 13.2 Å². The topological polar surface area (TPSA) is 66.5 Å². The minimum Gasteiger partial charge on any atom is -0.353 e. The summed E-state index contributed by atoms with van der Waals surface area (Å²) in [6.07, 6.45) is 9.47. The Morgan fingerprint density at radius 2 is 1.62 bits per heavy atom. The van der Waals surface area contributed by atoms with E-state index in [0.717, 1.165) is 32.1 Å². The second-order valence-electron chi connectivity index (χ2n) is 8.20. The minimum atomic E-state index is -3.61. The lowest BCUT2D eigenvalue weighted by atomic mass is 9.94. The highest BCUT2D eigenvalue weighted by Crippen LogP contribution is 2.29. The smallest absolute Gasteiger partial charge is 0.224 e. The van der Waals surface area contributed by atoms with Crippen LogP contribution in [-0.2, 0) is 20.6 Å². The monoisotopic (exact) mass is 460 g/mol. The molecule has 3 rings (SSSR count). The number of sulfonamides is 1. The van der Waals surface area contributed by atoms with Crippen LogP contribution < -0.4 is 5.32 Å². The highest BCUT2D eigenvalue weighted by molar-refractivity contribution is 7.88. The van der Waals surface area contributed by atoms with Crippen LogP contribution in [0.1, 0.15) is 63.4 Å². The molecule has 0 radical (unpaired) electrons. The Bertz CT molecular complexity index is 788. The molecule has 1 heterocycles. The molecular formula is C21H30Cl2N2O3S. The van der Waals surface area contributed by atoms with Crippen LogP contribution in [0.3, 0.4) is 0 Å². The number of hydrogen-bond acceptors (Lipinski definition) is 3. The first-order valence-electron chi connectivity index (χ1n) is 10.6. The molecule has 1 saturated heterocycles. The SMILES string of the molecule is O=C(NC1CCCCCCC1)C1CCCN(S(=O)(=O)Cc2c(Cl)cccc2Cl)C1. The van der Waals surface area contributed by atoms with Crippen molar-refractivity contribution in [1.29, 1.82) is 0 Å². The van der Waals surface area contributed by atoms with Gasteiger partial charge in [-0.1, -0.05) is 61.4 Å². The molecule has 1 saturated carbocycles. The van der Waals surface area contributed by atoms with E-state index < -0.39 is 10.0 Å². The number of piperidine rings is 1. The van der Waals surface area contributed by atoms with Crippen molar-refractivity contribution >= 4 is 39.1 Å². The molecule has 1 aliphatic heterocycles. The summed E-state index contributed by atoms with van der Waals surface area (Å²) in [6, 6.07) is 5.19. The maximum absolute atomic E-state index is 13.0. The predicted octanol–water partition coefficient (Wildman–Crippen LogP) is 4.76. The van der Waals surface area contributed by atoms with Gasteiger partial charge in [0.15, 0.2) is 0 Å². The first-order valence-corrected chi connectivity index (χ1v) is 12.9. The van der Waals surface area contributed by atoms with E-state index in [-0.39, 0.29) is 30.2 Å². The van der Waals surface area contributed by atoms with Crippen LogP contribution in [0.15, 0.2) is 18.2 Å². The van der Waals surface area contributed by atoms with Crippen LogP contribution in [0.25, 0.3) is 0 Å². The molecule has 0 spiro atoms. The van der Waals surface area contributed by atoms with E-state index in [2.05, 4.69) is 5.32 Å². The molecule has 8 heteroatoms. The molecule has 1 atom stereocenters. The fourth-order valence-electron chi connectivity index (χ4n) is 4.27. The van der Waals surface area contributed by atoms with Gasteiger partial charge in [0.05, 0.1) is 11.7 Å². The second kappa shape index (κ2) is 10.5. The van der Waals surface area contributed by atoms with Crippen LogP contribution in [0.4, 0.5) is 0 Å². The Kier molecular flexibility index (Phi) is 8.25. The molecule has 1 aromatic rings. The van der Waals surface area contributed by atoms with Gasteiger partial charge >= 0.3 is 0 Å². The Morgan fingerprint density at radius 3 is 2.28 bits per heavy atom. The number of nitrogens with zero attached hydrogens (tertiary/aromatic N) is 1. The van der Waals surface area contributed by atoms with Crippen molar-refractivity contribution in [2.45, 2.75) is 69.6 Å². The molecule has 1 N–H and O–H groups in total. The summed E-state index contributed by atoms with van der Waals surface area (Å²) in [5.41, 5.74) is 0.414. The molecule has 1 amide bonds. The van der Waals surface area contributed by atoms with Crippen molar-refractivity contribution in [3.8, 4) is 0 Å². The van der Waals surface area contributed by atoms with E-state index >= 15 is 0 Å². The zero-order valence-corrected chi connectivity index (χ0v) is 19.0. The zero-order valence-electron chi connectivity index (χ0n) is 16.7. The molecule has 29 heavy (non-hydrogen) atoms. The molecule has 1 aliphatic carbocycles. The maximum Gasteiger partial charge on any atom is 0.224 e. The number of hydrogen-bond donors (Lipinski definition) is 1. The molecule has 0 bridgehead atoms. The molecule has 2 fully saturated rings. The van der Waals surface area contributed by atoms with E-state index in [9.17, 15) is 13.2 Å². The van der Waals surface area contributed by atoms with Gasteiger partial charge in [-0.05, 0) is 37.8 Å². The van der Waals surface area contributed by atoms with Crippen LogP contribution in [0.2, 0.25) is 10.0 Å². The predicted molar refractivity (Wildman–Crippen MR) is 118 cm³/mol. The summed E-state index contributed by atoms with van der Waals surface area (Å²) in [7, 11) is -3.61. The summed E-state index contributed by atoms with van der Waals surface area (Å²) in [5.74, 6) is -0.556. The van der Waals surface area contributed by atoms with E-state index in [4.69, 9.17) is 23.2 Å². The number of carbonyl (C=O) groups excluding carboxylic acids is 1. The number of benzene rings is 1. The Morgan fingerprint density at radius 1 is 1.00 bits per heavy atom. The third-order valence-electron chi connectivity index (χ3n) is 5.99. The number of halogens is 2. The molecule has 5 nitrogen and oxygen atoms in total. The number of nitrogens with one attached hydrogen (secondary N) is 1. The van der Waals surface area contributed by atoms with Gasteiger partial charge < -0.3 is 5.32 Å². The van der Waals surface area contributed by atoms with E-state index in [1.54, 1.807) is 18.2 Å². The summed E-state index contributed by atoms with van der Waals surface area (Å²) in [6.45, 7) is 0.653. The van der Waals surface area contributed by atoms with Crippen molar-refractivity contribution in [3.05, 3.63) is 33.8 Å². The lowest BCUT2D eigenvalue weighted by molar-refractivity contribution is -0.126. The van der Waals surface area contributed by atoms with Crippen molar-refractivity contribution in [1.82, 2.24) is 9.62 Å². The van der Waals surface area contributed by atoms with Gasteiger partial charge in [-0.15, -0.1) is 0 Å². The fourth-order valence-corrected chi connectivity index (χ4v) is 6.63. The standard InChI is InChI=1S/C21H30Cl2N2O3S/c22-19-11-6-12-20(23)18(19)15-29(27,28)25-13-7-8-16(14-25)21(26)24-17-9-4-2-1-3-5-10-17/h6,11-12,16-17H,1-5,7-10,13-15H2,(H,24,26). The average Bonchev–Trinajstić information content (AvgIpc) is 2.67. The first kappa shape index (κ1) is 22.9. The summed E-state index contributed by atoms with van der Waals surface area (Å²) in [4.78, 5) is 12.8. The molecule has 0 aromatic heterocycles. The molecule has 162 valence electrons. The Labute approximate surface area is 184 Å². The van der Waals surface area contributed by atoms with Crippen molar-refractivity contribution in [2.24, 2.45) is 5.92 Å². The van der Waals surface area contributed by atoms with Gasteiger partial charge in [0.1, 0.15) is 0 Å². The van der Waals surface area contributed by atoms with Gasteiger partial charge in [-0.3, -0.25) is 4.79 Å². The highest BCUT2D eigenvalue weighted by atomic mass is 35.5. The number of carbonyl (C=O) groups is 1. The third-order valence-corrected chi connectivity index (χ3v) is 8.47. The van der Waals surface area contributed by atoms with Gasteiger partial charge in [0.2, 0.25) is 15.9 Å². The molecule has 2 aliphatic rings. The van der Waals surface area contributed by atoms with Gasteiger partial charge in [-0.25, -0.2) is 12.7 Å². The molecule has 1 unspecified atom stereocenters. The Hall–Kier alpha value is -0.820. The van der Waals surface area contributed by atoms with Crippen LogP contribution in [-0.4, -0.2) is 37.8 Å². The maximum atomic E-state index is 13.0. The first-order chi connectivity index (χ1) is 13.9. The van der Waals surface area contributed by atoms with Crippen LogP contribution in [0, 0.1) is 5.92 Å². The van der Waals surface area contributed by atoms with Crippen molar-refractivity contribution in [3.63, 3.8) is 0 Å². The van der Waals surface area contributed by atoms with Crippen LogP contribution in [0.5, 0.6) is 0 Å². The van der Waals surface area contributed by atoms with Crippen LogP contribution >= 0.6 is 23.2 Å². The van der Waals surface area contributed by atoms with Gasteiger partial charge in [-0.2, -0.15) is 0 Å². The summed E-state index contributed by atoms with van der Waals surface area (Å²) >= 11 is 12.3. The van der Waals surface area contributed by atoms with E-state index in [1.165, 1.54) is 23.6 Å². The van der Waals surface area contributed by atoms with Gasteiger partial charge in [0, 0.05) is 34.7 Å². The summed E-state index contributed by atoms with van der Waals surface area (Å²) < 4.78 is 27.4. The van der Waals surface area contributed by atoms with E-state index in [0.29, 0.717) is 28.6 Å². The second-order valence-corrected chi connectivity index (χ2v) is 11.0. The average molecular weight is 461 g/mol. The lowest BCUT2D eigenvalue weighted by Crippen LogP contribution is -2.47. The fraction of sp³-hybridized carbons (Fsp3) is 0.667. The normalized spacial score (nSPS) is 22.6. The third kappa shape index (κ3) is 6.33. The lowest BCUT2D eigenvalue weighted by Gasteiger charge is -2.32. The van der Waals surface area contributed by atoms with E-state index in [1.807, 2.05) is 0 Å². The quantitative estimate of drug-likeness (QED) is 0.687. The molecule has 1 aromatic carbocycles. The minimum absolute atomic E-state index is 0.00810. The molecular weight excluding hydrogens is 431 g/mol. The largest absolute Gasteiger partial charge is 0.353 e. The van der Waals surface area contributed by atoms with Crippen molar-refractivity contribution in [2.75, 3.05) is 13.1 Å². The Balaban J connectivity index is 1.62. The summed E-state index contributed by atoms with van der Waals surface area (Å²) in [5, 5.41) is 3.88.